The number of ether oxygens (including phenoxy) is 3. The molecule has 0 aliphatic carbocycles. The molecule has 0 saturated carbocycles. The first-order valence-electron chi connectivity index (χ1n) is 9.03. The van der Waals surface area contributed by atoms with Crippen LogP contribution in [0.25, 0.3) is 10.5 Å². The molecule has 0 bridgehead atoms. The number of nitrogens with zero attached hydrogens (tertiary/aromatic N) is 1. The molecule has 2 aromatic rings. The Balaban J connectivity index is 0.00000420. The zero-order valence-corrected chi connectivity index (χ0v) is 20.8. The van der Waals surface area contributed by atoms with E-state index in [1.807, 2.05) is 38.1 Å². The van der Waals surface area contributed by atoms with Gasteiger partial charge in [-0.05, 0) is 43.2 Å². The second-order valence-electron chi connectivity index (χ2n) is 6.18. The Labute approximate surface area is 185 Å². The Bertz CT molecular complexity index is 877. The molecular formula is C20H26N2O5SZn. The summed E-state index contributed by atoms with van der Waals surface area (Å²) in [5.74, 6) is 1.57. The third kappa shape index (κ3) is 7.93. The van der Waals surface area contributed by atoms with Crippen LogP contribution in [-0.4, -0.2) is 41.3 Å². The van der Waals surface area contributed by atoms with Gasteiger partial charge in [0.1, 0.15) is 15.8 Å². The molecule has 29 heavy (non-hydrogen) atoms. The van der Waals surface area contributed by atoms with E-state index in [-0.39, 0.29) is 36.2 Å². The van der Waals surface area contributed by atoms with E-state index in [9.17, 15) is 8.42 Å². The maximum absolute atomic E-state index is 11.6. The van der Waals surface area contributed by atoms with Gasteiger partial charge in [0.05, 0.1) is 25.2 Å². The zero-order chi connectivity index (χ0) is 20.6. The molecule has 154 valence electrons. The molecule has 0 aliphatic heterocycles. The minimum absolute atomic E-state index is 0. The van der Waals surface area contributed by atoms with Crippen molar-refractivity contribution >= 4 is 10.0 Å². The summed E-state index contributed by atoms with van der Waals surface area (Å²) < 4.78 is 39.5. The van der Waals surface area contributed by atoms with Crippen molar-refractivity contribution in [2.45, 2.75) is 31.2 Å². The van der Waals surface area contributed by atoms with Gasteiger partial charge < -0.3 is 24.7 Å². The smallest absolute Gasteiger partial charge is 0.657 e. The Kier molecular flexibility index (Phi) is 10.6. The van der Waals surface area contributed by atoms with E-state index >= 15 is 0 Å². The summed E-state index contributed by atoms with van der Waals surface area (Å²) in [5.41, 5.74) is 0.783. The molecule has 0 fully saturated rings. The predicted octanol–water partition coefficient (Wildman–Crippen LogP) is 4.22. The number of nitrogens with one attached hydrogen (secondary N) is 1. The minimum Gasteiger partial charge on any atom is -0.657 e. The monoisotopic (exact) mass is 470 g/mol. The molecular weight excluding hydrogens is 446 g/mol. The number of hydrogen-bond donors (Lipinski definition) is 0. The van der Waals surface area contributed by atoms with Crippen molar-refractivity contribution in [1.82, 2.24) is 0 Å². The van der Waals surface area contributed by atoms with Crippen LogP contribution in [-0.2, 0) is 35.9 Å². The average molecular weight is 472 g/mol. The van der Waals surface area contributed by atoms with Gasteiger partial charge in [0.15, 0.2) is 11.5 Å². The van der Waals surface area contributed by atoms with Crippen LogP contribution in [0.15, 0.2) is 47.4 Å². The largest absolute Gasteiger partial charge is 2.00 e. The normalized spacial score (nSPS) is 12.0. The molecule has 0 radical (unpaired) electrons. The van der Waals surface area contributed by atoms with Crippen molar-refractivity contribution in [2.75, 3.05) is 26.9 Å². The zero-order valence-electron chi connectivity index (χ0n) is 17.1. The third-order valence-electron chi connectivity index (χ3n) is 3.99. The quantitative estimate of drug-likeness (QED) is 0.361. The van der Waals surface area contributed by atoms with E-state index in [2.05, 4.69) is 5.32 Å². The van der Waals surface area contributed by atoms with Crippen LogP contribution < -0.4 is 14.2 Å². The second kappa shape index (κ2) is 12.1. The Hall–Kier alpha value is -1.67. The van der Waals surface area contributed by atoms with Crippen molar-refractivity contribution in [3.8, 4) is 17.2 Å². The molecule has 1 atom stereocenters. The van der Waals surface area contributed by atoms with Gasteiger partial charge in [-0.25, -0.2) is 8.42 Å². The fourth-order valence-electron chi connectivity index (χ4n) is 2.74. The van der Waals surface area contributed by atoms with Crippen molar-refractivity contribution in [2.24, 2.45) is 0 Å². The molecule has 0 saturated heterocycles. The molecule has 0 aromatic heterocycles. The average Bonchev–Trinajstić information content (AvgIpc) is 2.66. The van der Waals surface area contributed by atoms with Gasteiger partial charge >= 0.3 is 19.5 Å². The van der Waals surface area contributed by atoms with Gasteiger partial charge in [-0.1, -0.05) is 25.1 Å². The first kappa shape index (κ1) is 25.4. The van der Waals surface area contributed by atoms with E-state index in [4.69, 9.17) is 19.3 Å². The summed E-state index contributed by atoms with van der Waals surface area (Å²) in [6.07, 6.45) is 0.558. The van der Waals surface area contributed by atoms with Crippen LogP contribution >= 0.6 is 0 Å². The molecule has 0 heterocycles. The molecule has 1 N–H and O–H groups in total. The SMILES string of the molecule is CCOc1ccccc1OCC[N-][C@H](C)Cc1ccc(OC)c(S([NH-])(=O)=O)c1.[Zn+2]. The van der Waals surface area contributed by atoms with Crippen LogP contribution in [0.5, 0.6) is 17.2 Å². The van der Waals surface area contributed by atoms with Crippen molar-refractivity contribution in [1.29, 1.82) is 0 Å². The summed E-state index contributed by atoms with van der Waals surface area (Å²) in [7, 11) is -2.72. The second-order valence-corrected chi connectivity index (χ2v) is 7.62. The summed E-state index contributed by atoms with van der Waals surface area (Å²) in [4.78, 5) is -0.129. The van der Waals surface area contributed by atoms with E-state index in [1.165, 1.54) is 13.2 Å². The van der Waals surface area contributed by atoms with Crippen LogP contribution in [0.4, 0.5) is 0 Å². The van der Waals surface area contributed by atoms with Crippen molar-refractivity contribution < 1.29 is 42.1 Å². The molecule has 2 aromatic carbocycles. The standard InChI is InChI=1S/C20H26N2O5S.Zn/c1-4-26-17-7-5-6-8-18(17)27-12-11-22-15(2)13-16-9-10-19(25-3)20(14-16)28(21,23)24;/h5-10,14-15H,4,11-13H2,1-3H3,(H-,21,23,24);/q-2;+2/t15-;/m1./s1. The van der Waals surface area contributed by atoms with Crippen LogP contribution in [0, 0.1) is 0 Å². The molecule has 7 nitrogen and oxygen atoms in total. The maximum Gasteiger partial charge on any atom is 2.00 e. The number of rotatable bonds is 11. The minimum atomic E-state index is -4.10. The fourth-order valence-corrected chi connectivity index (χ4v) is 3.46. The van der Waals surface area contributed by atoms with E-state index in [1.54, 1.807) is 12.1 Å². The Morgan fingerprint density at radius 1 is 1.07 bits per heavy atom. The number of methoxy groups -OCH3 is 1. The fraction of sp³-hybridized carbons (Fsp3) is 0.400. The third-order valence-corrected chi connectivity index (χ3v) is 4.89. The first-order valence-corrected chi connectivity index (χ1v) is 10.5. The van der Waals surface area contributed by atoms with Crippen molar-refractivity contribution in [3.63, 3.8) is 0 Å². The molecule has 9 heteroatoms. The van der Waals surface area contributed by atoms with Crippen molar-refractivity contribution in [3.05, 3.63) is 58.5 Å². The van der Waals surface area contributed by atoms with Gasteiger partial charge in [0, 0.05) is 0 Å². The van der Waals surface area contributed by atoms with E-state index in [0.717, 1.165) is 5.56 Å². The van der Waals surface area contributed by atoms with Crippen LogP contribution in [0.3, 0.4) is 0 Å². The van der Waals surface area contributed by atoms with Gasteiger partial charge in [-0.3, -0.25) is 0 Å². The van der Waals surface area contributed by atoms with Gasteiger partial charge in [0.25, 0.3) is 0 Å². The van der Waals surface area contributed by atoms with Gasteiger partial charge in [-0.2, -0.15) is 0 Å². The summed E-state index contributed by atoms with van der Waals surface area (Å²) in [6.45, 7) is 5.36. The van der Waals surface area contributed by atoms with E-state index in [0.29, 0.717) is 37.7 Å². The van der Waals surface area contributed by atoms with Gasteiger partial charge in [0.2, 0.25) is 0 Å². The number of para-hydroxylation sites is 2. The number of benzene rings is 2. The number of sulfonamides is 1. The van der Waals surface area contributed by atoms with Gasteiger partial charge in [-0.15, -0.1) is 12.6 Å². The molecule has 2 rings (SSSR count). The summed E-state index contributed by atoms with van der Waals surface area (Å²) >= 11 is 0. The molecule has 0 aliphatic rings. The molecule has 0 amide bonds. The Morgan fingerprint density at radius 2 is 1.72 bits per heavy atom. The van der Waals surface area contributed by atoms with E-state index < -0.39 is 10.0 Å². The van der Waals surface area contributed by atoms with Crippen LogP contribution in [0.1, 0.15) is 19.4 Å². The van der Waals surface area contributed by atoms with Crippen LogP contribution in [0.2, 0.25) is 0 Å². The summed E-state index contributed by atoms with van der Waals surface area (Å²) in [6, 6.07) is 12.3. The summed E-state index contributed by atoms with van der Waals surface area (Å²) in [5, 5.41) is 11.9. The molecule has 0 spiro atoms. The number of hydrogen-bond acceptors (Lipinski definition) is 5. The molecule has 0 unspecified atom stereocenters. The predicted molar refractivity (Wildman–Crippen MR) is 109 cm³/mol. The topological polar surface area (TPSA) is 99.7 Å². The first-order chi connectivity index (χ1) is 13.3. The Morgan fingerprint density at radius 3 is 2.31 bits per heavy atom. The maximum atomic E-state index is 11.6.